The highest BCUT2D eigenvalue weighted by Gasteiger charge is 2.27. The van der Waals surface area contributed by atoms with Crippen LogP contribution in [0.25, 0.3) is 0 Å². The van der Waals surface area contributed by atoms with Crippen LogP contribution in [0.2, 0.25) is 0 Å². The van der Waals surface area contributed by atoms with E-state index in [2.05, 4.69) is 11.8 Å². The molecule has 0 bridgehead atoms. The quantitative estimate of drug-likeness (QED) is 0.684. The maximum Gasteiger partial charge on any atom is 0.152 e. The molecule has 0 unspecified atom stereocenters. The molecule has 0 aromatic heterocycles. The van der Waals surface area contributed by atoms with Crippen LogP contribution in [-0.2, 0) is 9.53 Å². The van der Waals surface area contributed by atoms with Gasteiger partial charge in [0, 0.05) is 18.5 Å². The summed E-state index contributed by atoms with van der Waals surface area (Å²) < 4.78 is 5.24. The van der Waals surface area contributed by atoms with Gasteiger partial charge in [-0.3, -0.25) is 9.69 Å². The average molecular weight is 199 g/mol. The third-order valence-corrected chi connectivity index (χ3v) is 3.11. The van der Waals surface area contributed by atoms with Crippen molar-refractivity contribution in [3.8, 4) is 0 Å². The first-order valence-electron chi connectivity index (χ1n) is 5.39. The highest BCUT2D eigenvalue weighted by Crippen LogP contribution is 2.21. The Balaban J connectivity index is 2.39. The highest BCUT2D eigenvalue weighted by molar-refractivity contribution is 5.85. The predicted octanol–water partition coefficient (Wildman–Crippen LogP) is 1.32. The lowest BCUT2D eigenvalue weighted by Gasteiger charge is -2.29. The van der Waals surface area contributed by atoms with Crippen LogP contribution >= 0.6 is 0 Å². The Labute approximate surface area is 86.4 Å². The zero-order chi connectivity index (χ0) is 10.6. The molecule has 0 amide bonds. The van der Waals surface area contributed by atoms with Gasteiger partial charge in [0.15, 0.2) is 5.78 Å². The first kappa shape index (κ1) is 11.7. The molecule has 3 nitrogen and oxygen atoms in total. The monoisotopic (exact) mass is 199 g/mol. The number of hydrogen-bond acceptors (Lipinski definition) is 3. The second-order valence-electron chi connectivity index (χ2n) is 4.55. The summed E-state index contributed by atoms with van der Waals surface area (Å²) in [6, 6.07) is 0. The lowest BCUT2D eigenvalue weighted by Crippen LogP contribution is -2.42. The number of nitrogens with zero attached hydrogens (tertiary/aromatic N) is 1. The van der Waals surface area contributed by atoms with Crippen LogP contribution in [0.4, 0.5) is 0 Å². The van der Waals surface area contributed by atoms with Gasteiger partial charge in [0.05, 0.1) is 19.8 Å². The average Bonchev–Trinajstić information content (AvgIpc) is 2.19. The van der Waals surface area contributed by atoms with Gasteiger partial charge in [-0.1, -0.05) is 20.8 Å². The van der Waals surface area contributed by atoms with Crippen LogP contribution in [-0.4, -0.2) is 43.5 Å². The van der Waals surface area contributed by atoms with Crippen molar-refractivity contribution in [2.45, 2.75) is 27.2 Å². The molecular weight excluding hydrogens is 178 g/mol. The number of carbonyl (C=O) groups excluding carboxylic acids is 1. The molecule has 1 aliphatic heterocycles. The third-order valence-electron chi connectivity index (χ3n) is 3.11. The largest absolute Gasteiger partial charge is 0.379 e. The Morgan fingerprint density at radius 1 is 1.36 bits per heavy atom. The SMILES string of the molecule is CCC(C)(C)C(=O)CN1CCOCC1. The molecule has 1 fully saturated rings. The fourth-order valence-corrected chi connectivity index (χ4v) is 1.37. The zero-order valence-corrected chi connectivity index (χ0v) is 9.51. The van der Waals surface area contributed by atoms with Gasteiger partial charge in [-0.05, 0) is 6.42 Å². The summed E-state index contributed by atoms with van der Waals surface area (Å²) >= 11 is 0. The van der Waals surface area contributed by atoms with Crippen molar-refractivity contribution in [3.05, 3.63) is 0 Å². The van der Waals surface area contributed by atoms with E-state index >= 15 is 0 Å². The van der Waals surface area contributed by atoms with Crippen LogP contribution in [0.1, 0.15) is 27.2 Å². The summed E-state index contributed by atoms with van der Waals surface area (Å²) in [5.41, 5.74) is -0.168. The Morgan fingerprint density at radius 2 is 1.93 bits per heavy atom. The van der Waals surface area contributed by atoms with E-state index in [1.807, 2.05) is 13.8 Å². The second-order valence-corrected chi connectivity index (χ2v) is 4.55. The Kier molecular flexibility index (Phi) is 4.08. The van der Waals surface area contributed by atoms with E-state index in [1.165, 1.54) is 0 Å². The van der Waals surface area contributed by atoms with Crippen LogP contribution < -0.4 is 0 Å². The lowest BCUT2D eigenvalue weighted by atomic mass is 9.85. The number of ether oxygens (including phenoxy) is 1. The van der Waals surface area contributed by atoms with Gasteiger partial charge in [0.1, 0.15) is 0 Å². The highest BCUT2D eigenvalue weighted by atomic mass is 16.5. The summed E-state index contributed by atoms with van der Waals surface area (Å²) in [6.07, 6.45) is 0.913. The van der Waals surface area contributed by atoms with Gasteiger partial charge in [-0.15, -0.1) is 0 Å². The molecule has 1 rings (SSSR count). The van der Waals surface area contributed by atoms with E-state index in [1.54, 1.807) is 0 Å². The molecule has 0 saturated carbocycles. The maximum absolute atomic E-state index is 11.9. The molecule has 0 aromatic rings. The van der Waals surface area contributed by atoms with Crippen LogP contribution in [0.3, 0.4) is 0 Å². The minimum absolute atomic E-state index is 0.168. The van der Waals surface area contributed by atoms with Crippen molar-refractivity contribution < 1.29 is 9.53 Å². The normalized spacial score (nSPS) is 19.6. The lowest BCUT2D eigenvalue weighted by molar-refractivity contribution is -0.129. The molecule has 1 heterocycles. The van der Waals surface area contributed by atoms with Crippen molar-refractivity contribution in [1.29, 1.82) is 0 Å². The molecule has 0 radical (unpaired) electrons. The molecular formula is C11H21NO2. The molecule has 0 atom stereocenters. The minimum atomic E-state index is -0.168. The summed E-state index contributed by atoms with van der Waals surface area (Å²) in [5.74, 6) is 0.349. The van der Waals surface area contributed by atoms with E-state index in [0.717, 1.165) is 32.7 Å². The topological polar surface area (TPSA) is 29.5 Å². The zero-order valence-electron chi connectivity index (χ0n) is 9.51. The van der Waals surface area contributed by atoms with Gasteiger partial charge in [-0.25, -0.2) is 0 Å². The molecule has 14 heavy (non-hydrogen) atoms. The Morgan fingerprint density at radius 3 is 2.43 bits per heavy atom. The van der Waals surface area contributed by atoms with Gasteiger partial charge in [0.25, 0.3) is 0 Å². The Bertz CT molecular complexity index is 195. The standard InChI is InChI=1S/C11H21NO2/c1-4-11(2,3)10(13)9-12-5-7-14-8-6-12/h4-9H2,1-3H3. The molecule has 0 N–H and O–H groups in total. The summed E-state index contributed by atoms with van der Waals surface area (Å²) in [7, 11) is 0. The summed E-state index contributed by atoms with van der Waals surface area (Å²) in [6.45, 7) is 10.0. The predicted molar refractivity (Wildman–Crippen MR) is 56.3 cm³/mol. The van der Waals surface area contributed by atoms with Crippen molar-refractivity contribution in [2.24, 2.45) is 5.41 Å². The number of ketones is 1. The molecule has 1 saturated heterocycles. The molecule has 0 aliphatic carbocycles. The summed E-state index contributed by atoms with van der Waals surface area (Å²) in [5, 5.41) is 0. The molecule has 1 aliphatic rings. The fraction of sp³-hybridized carbons (Fsp3) is 0.909. The van der Waals surface area contributed by atoms with Crippen molar-refractivity contribution in [2.75, 3.05) is 32.8 Å². The number of rotatable bonds is 4. The first-order valence-corrected chi connectivity index (χ1v) is 5.39. The molecule has 0 aromatic carbocycles. The van der Waals surface area contributed by atoms with Crippen LogP contribution in [0.5, 0.6) is 0 Å². The maximum atomic E-state index is 11.9. The third kappa shape index (κ3) is 3.07. The van der Waals surface area contributed by atoms with Gasteiger partial charge < -0.3 is 4.74 Å². The van der Waals surface area contributed by atoms with Gasteiger partial charge in [-0.2, -0.15) is 0 Å². The van der Waals surface area contributed by atoms with Crippen molar-refractivity contribution in [1.82, 2.24) is 4.90 Å². The molecule has 82 valence electrons. The van der Waals surface area contributed by atoms with E-state index in [-0.39, 0.29) is 5.41 Å². The number of Topliss-reactive ketones (excluding diaryl/α,β-unsaturated/α-hetero) is 1. The van der Waals surface area contributed by atoms with Crippen LogP contribution in [0, 0.1) is 5.41 Å². The molecule has 3 heteroatoms. The molecule has 0 spiro atoms. The number of carbonyl (C=O) groups is 1. The number of morpholine rings is 1. The Hall–Kier alpha value is -0.410. The van der Waals surface area contributed by atoms with E-state index in [9.17, 15) is 4.79 Å². The first-order chi connectivity index (χ1) is 6.56. The minimum Gasteiger partial charge on any atom is -0.379 e. The van der Waals surface area contributed by atoms with Crippen molar-refractivity contribution >= 4 is 5.78 Å². The number of hydrogen-bond donors (Lipinski definition) is 0. The fourth-order valence-electron chi connectivity index (χ4n) is 1.37. The van der Waals surface area contributed by atoms with Gasteiger partial charge in [0.2, 0.25) is 0 Å². The second kappa shape index (κ2) is 4.89. The van der Waals surface area contributed by atoms with E-state index < -0.39 is 0 Å². The smallest absolute Gasteiger partial charge is 0.152 e. The van der Waals surface area contributed by atoms with E-state index in [4.69, 9.17) is 4.74 Å². The van der Waals surface area contributed by atoms with Gasteiger partial charge >= 0.3 is 0 Å². The summed E-state index contributed by atoms with van der Waals surface area (Å²) in [4.78, 5) is 14.1. The van der Waals surface area contributed by atoms with E-state index in [0.29, 0.717) is 12.3 Å². The van der Waals surface area contributed by atoms with Crippen LogP contribution in [0.15, 0.2) is 0 Å². The van der Waals surface area contributed by atoms with Crippen molar-refractivity contribution in [3.63, 3.8) is 0 Å².